The van der Waals surface area contributed by atoms with Crippen LogP contribution in [0.25, 0.3) is 17.0 Å². The van der Waals surface area contributed by atoms with E-state index in [0.717, 1.165) is 16.7 Å². The topological polar surface area (TPSA) is 57.9 Å². The lowest BCUT2D eigenvalue weighted by atomic mass is 10.1. The normalized spacial score (nSPS) is 14.7. The van der Waals surface area contributed by atoms with E-state index in [1.807, 2.05) is 24.3 Å². The Morgan fingerprint density at radius 3 is 2.52 bits per heavy atom. The monoisotopic (exact) mass is 400 g/mol. The molecule has 3 aromatic rings. The molecule has 0 atom stereocenters. The van der Waals surface area contributed by atoms with Gasteiger partial charge in [-0.2, -0.15) is 0 Å². The first-order chi connectivity index (χ1) is 12.1. The molecule has 126 valence electrons. The smallest absolute Gasteiger partial charge is 0.235 e. The second-order valence-electron chi connectivity index (χ2n) is 5.43. The number of ether oxygens (including phenoxy) is 3. The lowest BCUT2D eigenvalue weighted by Crippen LogP contribution is -2.00. The molecule has 25 heavy (non-hydrogen) atoms. The molecule has 0 radical (unpaired) electrons. The van der Waals surface area contributed by atoms with Crippen LogP contribution in [0.5, 0.6) is 17.2 Å². The van der Waals surface area contributed by atoms with Crippen molar-refractivity contribution in [2.75, 3.05) is 14.2 Å². The largest absolute Gasteiger partial charge is 0.497 e. The van der Waals surface area contributed by atoms with Gasteiger partial charge in [-0.15, -0.1) is 0 Å². The van der Waals surface area contributed by atoms with Gasteiger partial charge in [0.1, 0.15) is 21.5 Å². The number of ketones is 1. The van der Waals surface area contributed by atoms with Gasteiger partial charge in [-0.1, -0.05) is 12.1 Å². The number of hydrogen-bond acceptors (Lipinski definition) is 5. The molecule has 0 saturated carbocycles. The number of carbonyl (C=O) groups is 1. The summed E-state index contributed by atoms with van der Waals surface area (Å²) >= 11 is 3.46. The Morgan fingerprint density at radius 1 is 1.08 bits per heavy atom. The van der Waals surface area contributed by atoms with Gasteiger partial charge >= 0.3 is 0 Å². The van der Waals surface area contributed by atoms with Gasteiger partial charge < -0.3 is 18.6 Å². The lowest BCUT2D eigenvalue weighted by molar-refractivity contribution is 0.101. The first-order valence-corrected chi connectivity index (χ1v) is 8.28. The molecule has 6 heteroatoms. The molecule has 0 unspecified atom stereocenters. The van der Waals surface area contributed by atoms with E-state index in [1.165, 1.54) is 7.11 Å². The number of Topliss-reactive ketones (excluding diaryl/α,β-unsaturated/α-hetero) is 1. The molecule has 0 spiro atoms. The number of rotatable bonds is 3. The van der Waals surface area contributed by atoms with Crippen LogP contribution in [-0.2, 0) is 0 Å². The van der Waals surface area contributed by atoms with Crippen LogP contribution < -0.4 is 14.2 Å². The van der Waals surface area contributed by atoms with Crippen LogP contribution in [0.4, 0.5) is 0 Å². The van der Waals surface area contributed by atoms with E-state index in [2.05, 4.69) is 15.9 Å². The second-order valence-corrected chi connectivity index (χ2v) is 6.22. The summed E-state index contributed by atoms with van der Waals surface area (Å²) in [5.41, 5.74) is 1.80. The molecular weight excluding hydrogens is 388 g/mol. The molecule has 0 amide bonds. The van der Waals surface area contributed by atoms with Gasteiger partial charge in [-0.25, -0.2) is 0 Å². The van der Waals surface area contributed by atoms with Crippen molar-refractivity contribution < 1.29 is 23.4 Å². The van der Waals surface area contributed by atoms with Crippen molar-refractivity contribution in [3.63, 3.8) is 0 Å². The van der Waals surface area contributed by atoms with Crippen LogP contribution in [0.2, 0.25) is 0 Å². The first-order valence-electron chi connectivity index (χ1n) is 7.49. The van der Waals surface area contributed by atoms with Gasteiger partial charge in [0.15, 0.2) is 17.1 Å². The van der Waals surface area contributed by atoms with Crippen molar-refractivity contribution in [3.8, 4) is 17.2 Å². The molecule has 0 saturated heterocycles. The molecular formula is C19H13BrO5. The minimum absolute atomic E-state index is 0.229. The fourth-order valence-electron chi connectivity index (χ4n) is 2.85. The Kier molecular flexibility index (Phi) is 3.77. The van der Waals surface area contributed by atoms with Crippen molar-refractivity contribution in [1.82, 2.24) is 0 Å². The molecule has 1 aliphatic rings. The van der Waals surface area contributed by atoms with Crippen molar-refractivity contribution in [3.05, 3.63) is 58.0 Å². The predicted octanol–water partition coefficient (Wildman–Crippen LogP) is 4.83. The zero-order valence-electron chi connectivity index (χ0n) is 13.5. The van der Waals surface area contributed by atoms with Crippen LogP contribution in [-0.4, -0.2) is 20.0 Å². The van der Waals surface area contributed by atoms with E-state index in [0.29, 0.717) is 27.1 Å². The summed E-state index contributed by atoms with van der Waals surface area (Å²) in [6.07, 6.45) is 3.24. The van der Waals surface area contributed by atoms with Gasteiger partial charge in [0, 0.05) is 0 Å². The fourth-order valence-corrected chi connectivity index (χ4v) is 3.44. The fraction of sp³-hybridized carbons (Fsp3) is 0.105. The lowest BCUT2D eigenvalue weighted by Gasteiger charge is -2.07. The number of hydrogen-bond donors (Lipinski definition) is 0. The highest BCUT2D eigenvalue weighted by Crippen LogP contribution is 2.49. The standard InChI is InChI=1S/C19H13BrO5/c1-22-11-5-3-10(4-6-11)9-13-16(21)14-17(23-2)12-7-8-24-18(12)15(20)19(14)25-13/h3-9H,1-2H3/b13-9-. The third-order valence-corrected chi connectivity index (χ3v) is 4.76. The Hall–Kier alpha value is -2.73. The summed E-state index contributed by atoms with van der Waals surface area (Å²) in [6, 6.07) is 9.11. The molecule has 0 bridgehead atoms. The van der Waals surface area contributed by atoms with Crippen molar-refractivity contribution in [2.24, 2.45) is 0 Å². The highest BCUT2D eigenvalue weighted by molar-refractivity contribution is 9.10. The Bertz CT molecular complexity index is 1010. The molecule has 2 heterocycles. The van der Waals surface area contributed by atoms with Crippen LogP contribution in [0.15, 0.2) is 51.2 Å². The average molecular weight is 401 g/mol. The van der Waals surface area contributed by atoms with E-state index in [4.69, 9.17) is 18.6 Å². The molecule has 5 nitrogen and oxygen atoms in total. The maximum atomic E-state index is 12.9. The number of fused-ring (bicyclic) bond motifs is 2. The Balaban J connectivity index is 1.83. The van der Waals surface area contributed by atoms with Crippen LogP contribution in [0.3, 0.4) is 0 Å². The molecule has 4 rings (SSSR count). The van der Waals surface area contributed by atoms with Gasteiger partial charge in [0.05, 0.1) is 25.9 Å². The zero-order valence-corrected chi connectivity index (χ0v) is 15.0. The number of benzene rings is 2. The Labute approximate surface area is 151 Å². The SMILES string of the molecule is COc1ccc(/C=C2\Oc3c(c(OC)c4ccoc4c3Br)C2=O)cc1. The summed E-state index contributed by atoms with van der Waals surface area (Å²) in [5, 5.41) is 0.718. The molecule has 0 aliphatic carbocycles. The van der Waals surface area contributed by atoms with Crippen LogP contribution >= 0.6 is 15.9 Å². The summed E-state index contributed by atoms with van der Waals surface area (Å²) in [7, 11) is 3.13. The second kappa shape index (κ2) is 5.97. The summed E-state index contributed by atoms with van der Waals surface area (Å²) in [4.78, 5) is 12.9. The quantitative estimate of drug-likeness (QED) is 0.589. The number of furan rings is 1. The minimum Gasteiger partial charge on any atom is -0.497 e. The van der Waals surface area contributed by atoms with Gasteiger partial charge in [-0.3, -0.25) is 4.79 Å². The highest BCUT2D eigenvalue weighted by atomic mass is 79.9. The highest BCUT2D eigenvalue weighted by Gasteiger charge is 2.36. The number of halogens is 1. The van der Waals surface area contributed by atoms with E-state index >= 15 is 0 Å². The maximum Gasteiger partial charge on any atom is 0.235 e. The summed E-state index contributed by atoms with van der Waals surface area (Å²) in [6.45, 7) is 0. The predicted molar refractivity (Wildman–Crippen MR) is 96.4 cm³/mol. The van der Waals surface area contributed by atoms with E-state index in [-0.39, 0.29) is 11.5 Å². The van der Waals surface area contributed by atoms with Crippen molar-refractivity contribution in [2.45, 2.75) is 0 Å². The van der Waals surface area contributed by atoms with Gasteiger partial charge in [0.2, 0.25) is 5.78 Å². The van der Waals surface area contributed by atoms with E-state index in [9.17, 15) is 4.79 Å². The minimum atomic E-state index is -0.230. The first kappa shape index (κ1) is 15.8. The van der Waals surface area contributed by atoms with Gasteiger partial charge in [-0.05, 0) is 45.8 Å². The Morgan fingerprint density at radius 2 is 1.84 bits per heavy atom. The average Bonchev–Trinajstić information content (AvgIpc) is 3.23. The van der Waals surface area contributed by atoms with Crippen LogP contribution in [0, 0.1) is 0 Å². The van der Waals surface area contributed by atoms with Crippen LogP contribution in [0.1, 0.15) is 15.9 Å². The number of allylic oxidation sites excluding steroid dienone is 1. The molecule has 1 aromatic heterocycles. The third-order valence-electron chi connectivity index (χ3n) is 4.04. The number of carbonyl (C=O) groups excluding carboxylic acids is 1. The van der Waals surface area contributed by atoms with Gasteiger partial charge in [0.25, 0.3) is 0 Å². The van der Waals surface area contributed by atoms with E-state index in [1.54, 1.807) is 25.5 Å². The molecule has 1 aliphatic heterocycles. The molecule has 0 fully saturated rings. The number of methoxy groups -OCH3 is 2. The molecule has 2 aromatic carbocycles. The summed E-state index contributed by atoms with van der Waals surface area (Å²) < 4.78 is 22.5. The molecule has 0 N–H and O–H groups in total. The third kappa shape index (κ3) is 2.41. The van der Waals surface area contributed by atoms with Crippen molar-refractivity contribution >= 4 is 38.8 Å². The van der Waals surface area contributed by atoms with Crippen molar-refractivity contribution in [1.29, 1.82) is 0 Å². The van der Waals surface area contributed by atoms with E-state index < -0.39 is 0 Å². The summed E-state index contributed by atoms with van der Waals surface area (Å²) in [5.74, 6) is 1.60. The maximum absolute atomic E-state index is 12.9. The zero-order chi connectivity index (χ0) is 17.6.